The number of aromatic nitrogens is 1. The maximum atomic E-state index is 13.3. The summed E-state index contributed by atoms with van der Waals surface area (Å²) in [4.78, 5) is 4.72. The van der Waals surface area contributed by atoms with Crippen molar-refractivity contribution in [2.45, 2.75) is 10.6 Å². The predicted octanol–water partition coefficient (Wildman–Crippen LogP) is 3.53. The minimum absolute atomic E-state index is 0.0657. The molecule has 0 saturated heterocycles. The molecular formula is C16H11F2NO2S. The van der Waals surface area contributed by atoms with Gasteiger partial charge in [0, 0.05) is 17.1 Å². The quantitative estimate of drug-likeness (QED) is 0.751. The molecule has 0 radical (unpaired) electrons. The van der Waals surface area contributed by atoms with Crippen LogP contribution in [0.2, 0.25) is 0 Å². The fraction of sp³-hybridized carbons (Fsp3) is 0.0625. The molecule has 1 atom stereocenters. The molecule has 0 bridgehead atoms. The van der Waals surface area contributed by atoms with E-state index in [9.17, 15) is 13.3 Å². The molecule has 2 aromatic carbocycles. The average molecular weight is 319 g/mol. The Morgan fingerprint density at radius 2 is 1.77 bits per heavy atom. The van der Waals surface area contributed by atoms with Crippen LogP contribution in [0.25, 0.3) is 10.9 Å². The standard InChI is InChI=1S/C16H11F2NO2S/c17-12-7-10(8-13(18)16(12)20)9-22(21)14-5-1-3-11-4-2-6-19-15(11)14/h1-8,20H,9H2. The van der Waals surface area contributed by atoms with E-state index in [2.05, 4.69) is 4.98 Å². The molecule has 1 N–H and O–H groups in total. The Kier molecular flexibility index (Phi) is 3.96. The zero-order valence-electron chi connectivity index (χ0n) is 11.3. The highest BCUT2D eigenvalue weighted by atomic mass is 32.2. The SMILES string of the molecule is [O-][S+](Cc1cc(F)c(O)c(F)c1)c1cccc2cccnc12. The van der Waals surface area contributed by atoms with Gasteiger partial charge < -0.3 is 9.66 Å². The van der Waals surface area contributed by atoms with Gasteiger partial charge in [-0.05, 0) is 35.4 Å². The number of fused-ring (bicyclic) bond motifs is 1. The van der Waals surface area contributed by atoms with E-state index >= 15 is 0 Å². The maximum Gasteiger partial charge on any atom is 0.187 e. The van der Waals surface area contributed by atoms with E-state index in [-0.39, 0.29) is 11.3 Å². The van der Waals surface area contributed by atoms with Crippen LogP contribution in [0.15, 0.2) is 53.6 Å². The number of para-hydroxylation sites is 1. The highest BCUT2D eigenvalue weighted by Gasteiger charge is 2.19. The van der Waals surface area contributed by atoms with Crippen molar-refractivity contribution >= 4 is 22.1 Å². The van der Waals surface area contributed by atoms with Gasteiger partial charge in [0.25, 0.3) is 0 Å². The first-order valence-corrected chi connectivity index (χ1v) is 7.77. The first kappa shape index (κ1) is 14.7. The van der Waals surface area contributed by atoms with Gasteiger partial charge in [-0.15, -0.1) is 0 Å². The van der Waals surface area contributed by atoms with Crippen molar-refractivity contribution in [3.05, 3.63) is 65.9 Å². The van der Waals surface area contributed by atoms with Crippen LogP contribution in [0.5, 0.6) is 5.75 Å². The summed E-state index contributed by atoms with van der Waals surface area (Å²) in [7, 11) is 0. The van der Waals surface area contributed by atoms with E-state index in [1.807, 2.05) is 12.1 Å². The summed E-state index contributed by atoms with van der Waals surface area (Å²) in [6.07, 6.45) is 1.60. The van der Waals surface area contributed by atoms with Gasteiger partial charge in [-0.1, -0.05) is 18.2 Å². The first-order valence-electron chi connectivity index (χ1n) is 6.45. The lowest BCUT2D eigenvalue weighted by molar-refractivity contribution is 0.395. The zero-order valence-corrected chi connectivity index (χ0v) is 12.1. The largest absolute Gasteiger partial charge is 0.611 e. The van der Waals surface area contributed by atoms with E-state index in [0.717, 1.165) is 17.5 Å². The summed E-state index contributed by atoms with van der Waals surface area (Å²) in [6.45, 7) is 0. The van der Waals surface area contributed by atoms with E-state index in [4.69, 9.17) is 5.11 Å². The van der Waals surface area contributed by atoms with Crippen molar-refractivity contribution in [2.24, 2.45) is 0 Å². The molecule has 0 spiro atoms. The normalized spacial score (nSPS) is 12.5. The van der Waals surface area contributed by atoms with E-state index in [1.165, 1.54) is 0 Å². The number of pyridine rings is 1. The van der Waals surface area contributed by atoms with Crippen molar-refractivity contribution in [2.75, 3.05) is 0 Å². The summed E-state index contributed by atoms with van der Waals surface area (Å²) >= 11 is -1.51. The van der Waals surface area contributed by atoms with E-state index < -0.39 is 28.6 Å². The molecule has 0 aliphatic carbocycles. The van der Waals surface area contributed by atoms with Crippen LogP contribution >= 0.6 is 0 Å². The second-order valence-corrected chi connectivity index (χ2v) is 6.15. The summed E-state index contributed by atoms with van der Waals surface area (Å²) in [5, 5.41) is 9.93. The van der Waals surface area contributed by atoms with Gasteiger partial charge in [0.05, 0.1) is 0 Å². The van der Waals surface area contributed by atoms with Crippen molar-refractivity contribution < 1.29 is 18.4 Å². The molecule has 6 heteroatoms. The average Bonchev–Trinajstić information content (AvgIpc) is 2.52. The fourth-order valence-corrected chi connectivity index (χ4v) is 3.43. The van der Waals surface area contributed by atoms with Crippen LogP contribution in [-0.4, -0.2) is 14.6 Å². The van der Waals surface area contributed by atoms with Crippen molar-refractivity contribution in [3.63, 3.8) is 0 Å². The summed E-state index contributed by atoms with van der Waals surface area (Å²) in [6, 6.07) is 10.9. The Morgan fingerprint density at radius 3 is 2.50 bits per heavy atom. The number of phenols is 1. The molecule has 3 aromatic rings. The zero-order chi connectivity index (χ0) is 15.7. The monoisotopic (exact) mass is 319 g/mol. The topological polar surface area (TPSA) is 56.2 Å². The smallest absolute Gasteiger partial charge is 0.187 e. The Hall–Kier alpha value is -2.18. The third-order valence-corrected chi connectivity index (χ3v) is 4.63. The molecule has 0 fully saturated rings. The third kappa shape index (κ3) is 2.75. The summed E-state index contributed by atoms with van der Waals surface area (Å²) in [5.74, 6) is -3.23. The maximum absolute atomic E-state index is 13.3. The summed E-state index contributed by atoms with van der Waals surface area (Å²) in [5.41, 5.74) is 0.808. The molecule has 1 heterocycles. The van der Waals surface area contributed by atoms with Crippen molar-refractivity contribution in [1.29, 1.82) is 0 Å². The lowest BCUT2D eigenvalue weighted by atomic mass is 10.2. The van der Waals surface area contributed by atoms with Crippen LogP contribution < -0.4 is 0 Å². The van der Waals surface area contributed by atoms with Gasteiger partial charge >= 0.3 is 0 Å². The van der Waals surface area contributed by atoms with Gasteiger partial charge in [0.1, 0.15) is 11.3 Å². The van der Waals surface area contributed by atoms with Crippen molar-refractivity contribution in [1.82, 2.24) is 4.98 Å². The third-order valence-electron chi connectivity index (χ3n) is 3.22. The molecule has 22 heavy (non-hydrogen) atoms. The Balaban J connectivity index is 1.95. The van der Waals surface area contributed by atoms with Crippen LogP contribution in [0, 0.1) is 11.6 Å². The number of benzene rings is 2. The van der Waals surface area contributed by atoms with Crippen LogP contribution in [0.4, 0.5) is 8.78 Å². The lowest BCUT2D eigenvalue weighted by Crippen LogP contribution is -2.07. The van der Waals surface area contributed by atoms with Gasteiger partial charge in [0.15, 0.2) is 22.3 Å². The highest BCUT2D eigenvalue weighted by Crippen LogP contribution is 2.27. The van der Waals surface area contributed by atoms with Crippen molar-refractivity contribution in [3.8, 4) is 5.75 Å². The number of rotatable bonds is 3. The Bertz CT molecular complexity index is 813. The number of halogens is 2. The molecule has 0 aliphatic heterocycles. The molecule has 112 valence electrons. The molecule has 1 aromatic heterocycles. The number of hydrogen-bond donors (Lipinski definition) is 1. The van der Waals surface area contributed by atoms with E-state index in [0.29, 0.717) is 10.4 Å². The van der Waals surface area contributed by atoms with Gasteiger partial charge in [-0.25, -0.2) is 8.78 Å². The first-order chi connectivity index (χ1) is 10.6. The highest BCUT2D eigenvalue weighted by molar-refractivity contribution is 7.90. The van der Waals surface area contributed by atoms with Crippen LogP contribution in [0.1, 0.15) is 5.56 Å². The van der Waals surface area contributed by atoms with Crippen LogP contribution in [-0.2, 0) is 16.9 Å². The molecule has 1 unspecified atom stereocenters. The van der Waals surface area contributed by atoms with E-state index in [1.54, 1.807) is 24.4 Å². The Morgan fingerprint density at radius 1 is 1.09 bits per heavy atom. The lowest BCUT2D eigenvalue weighted by Gasteiger charge is -2.12. The minimum Gasteiger partial charge on any atom is -0.611 e. The molecule has 3 nitrogen and oxygen atoms in total. The van der Waals surface area contributed by atoms with Gasteiger partial charge in [-0.3, -0.25) is 4.98 Å². The van der Waals surface area contributed by atoms with Gasteiger partial charge in [-0.2, -0.15) is 0 Å². The minimum atomic E-state index is -1.51. The number of nitrogens with zero attached hydrogens (tertiary/aromatic N) is 1. The number of phenolic OH excluding ortho intramolecular Hbond substituents is 1. The molecule has 0 amide bonds. The Labute approximate surface area is 128 Å². The number of hydrogen-bond acceptors (Lipinski definition) is 3. The molecule has 3 rings (SSSR count). The predicted molar refractivity (Wildman–Crippen MR) is 79.9 cm³/mol. The molecule has 0 aliphatic rings. The second-order valence-electron chi connectivity index (χ2n) is 4.73. The number of aromatic hydroxyl groups is 1. The fourth-order valence-electron chi connectivity index (χ4n) is 2.19. The van der Waals surface area contributed by atoms with Gasteiger partial charge in [0.2, 0.25) is 0 Å². The summed E-state index contributed by atoms with van der Waals surface area (Å²) < 4.78 is 39.2. The second kappa shape index (κ2) is 5.90. The molecular weight excluding hydrogens is 308 g/mol. The molecule has 0 saturated carbocycles. The van der Waals surface area contributed by atoms with Crippen LogP contribution in [0.3, 0.4) is 0 Å².